The second kappa shape index (κ2) is 6.15. The van der Waals surface area contributed by atoms with Gasteiger partial charge in [-0.05, 0) is 23.8 Å². The van der Waals surface area contributed by atoms with E-state index in [1.165, 1.54) is 18.3 Å². The van der Waals surface area contributed by atoms with Gasteiger partial charge in [0.05, 0.1) is 10.6 Å². The average molecular weight is 317 g/mol. The summed E-state index contributed by atoms with van der Waals surface area (Å²) in [5.41, 5.74) is 0.659. The molecule has 1 aromatic heterocycles. The molecule has 20 heavy (non-hydrogen) atoms. The molecule has 0 atom stereocenters. The minimum absolute atomic E-state index is 0.0519. The van der Waals surface area contributed by atoms with Crippen molar-refractivity contribution in [2.24, 2.45) is 0 Å². The van der Waals surface area contributed by atoms with Crippen LogP contribution < -0.4 is 5.32 Å². The van der Waals surface area contributed by atoms with Gasteiger partial charge in [0.1, 0.15) is 5.15 Å². The Hall–Kier alpha value is -1.72. The van der Waals surface area contributed by atoms with Crippen molar-refractivity contribution in [2.75, 3.05) is 0 Å². The lowest BCUT2D eigenvalue weighted by Gasteiger charge is -2.06. The second-order valence-corrected chi connectivity index (χ2v) is 4.69. The molecule has 0 aliphatic rings. The third kappa shape index (κ3) is 3.43. The Bertz CT molecular complexity index is 665. The number of halogens is 4. The number of nitrogens with one attached hydrogen (secondary N) is 1. The molecule has 1 N–H and O–H groups in total. The summed E-state index contributed by atoms with van der Waals surface area (Å²) in [4.78, 5) is 15.6. The number of pyridine rings is 1. The summed E-state index contributed by atoms with van der Waals surface area (Å²) >= 11 is 11.4. The molecule has 0 saturated heterocycles. The van der Waals surface area contributed by atoms with Gasteiger partial charge < -0.3 is 5.32 Å². The second-order valence-electron chi connectivity index (χ2n) is 3.93. The molecule has 0 saturated carbocycles. The molecule has 0 unspecified atom stereocenters. The maximum Gasteiger partial charge on any atom is 0.253 e. The first-order valence-electron chi connectivity index (χ1n) is 5.50. The molecule has 1 amide bonds. The van der Waals surface area contributed by atoms with Crippen LogP contribution in [0, 0.1) is 11.6 Å². The van der Waals surface area contributed by atoms with Crippen LogP contribution in [0.4, 0.5) is 8.78 Å². The number of benzene rings is 1. The number of nitrogens with zero attached hydrogens (tertiary/aromatic N) is 1. The first kappa shape index (κ1) is 14.7. The number of rotatable bonds is 3. The highest BCUT2D eigenvalue weighted by molar-refractivity contribution is 6.41. The minimum atomic E-state index is -0.965. The molecule has 3 nitrogen and oxygen atoms in total. The Kier molecular flexibility index (Phi) is 4.52. The summed E-state index contributed by atoms with van der Waals surface area (Å²) < 4.78 is 25.7. The van der Waals surface area contributed by atoms with Crippen LogP contribution in [0.2, 0.25) is 10.2 Å². The zero-order chi connectivity index (χ0) is 14.7. The number of carbonyl (C=O) groups is 1. The van der Waals surface area contributed by atoms with E-state index in [9.17, 15) is 13.6 Å². The molecule has 1 aromatic carbocycles. The van der Waals surface area contributed by atoms with Crippen LogP contribution in [-0.2, 0) is 6.54 Å². The molecule has 0 radical (unpaired) electrons. The molecular formula is C13H8Cl2F2N2O. The van der Waals surface area contributed by atoms with Gasteiger partial charge in [-0.3, -0.25) is 4.79 Å². The predicted octanol–water partition coefficient (Wildman–Crippen LogP) is 3.60. The van der Waals surface area contributed by atoms with Crippen molar-refractivity contribution in [3.63, 3.8) is 0 Å². The van der Waals surface area contributed by atoms with E-state index >= 15 is 0 Å². The van der Waals surface area contributed by atoms with Crippen LogP contribution in [0.5, 0.6) is 0 Å². The van der Waals surface area contributed by atoms with Crippen LogP contribution in [0.1, 0.15) is 15.9 Å². The van der Waals surface area contributed by atoms with E-state index in [4.69, 9.17) is 23.2 Å². The van der Waals surface area contributed by atoms with E-state index < -0.39 is 17.5 Å². The molecule has 0 fully saturated rings. The quantitative estimate of drug-likeness (QED) is 0.879. The van der Waals surface area contributed by atoms with Gasteiger partial charge in [-0.15, -0.1) is 0 Å². The summed E-state index contributed by atoms with van der Waals surface area (Å²) in [6, 6.07) is 4.77. The standard InChI is InChI=1S/C13H8Cl2F2N2O/c14-9-4-8(6-18-12(9)15)13(20)19-5-7-1-2-10(16)11(17)3-7/h1-4,6H,5H2,(H,19,20). The maximum atomic E-state index is 13.0. The van der Waals surface area contributed by atoms with Crippen LogP contribution in [0.15, 0.2) is 30.5 Å². The Labute approximate surface area is 123 Å². The first-order chi connectivity index (χ1) is 9.47. The normalized spacial score (nSPS) is 10.4. The van der Waals surface area contributed by atoms with E-state index in [1.54, 1.807) is 0 Å². The monoisotopic (exact) mass is 316 g/mol. The predicted molar refractivity (Wildman–Crippen MR) is 71.8 cm³/mol. The van der Waals surface area contributed by atoms with Crippen LogP contribution in [0.3, 0.4) is 0 Å². The van der Waals surface area contributed by atoms with Crippen molar-refractivity contribution < 1.29 is 13.6 Å². The Morgan fingerprint density at radius 2 is 1.95 bits per heavy atom. The van der Waals surface area contributed by atoms with Crippen LogP contribution >= 0.6 is 23.2 Å². The molecule has 1 heterocycles. The van der Waals surface area contributed by atoms with Gasteiger partial charge >= 0.3 is 0 Å². The average Bonchev–Trinajstić information content (AvgIpc) is 2.43. The maximum absolute atomic E-state index is 13.0. The largest absolute Gasteiger partial charge is 0.348 e. The van der Waals surface area contributed by atoms with Crippen molar-refractivity contribution in [2.45, 2.75) is 6.54 Å². The third-order valence-electron chi connectivity index (χ3n) is 2.50. The van der Waals surface area contributed by atoms with E-state index in [0.29, 0.717) is 5.56 Å². The molecule has 104 valence electrons. The van der Waals surface area contributed by atoms with Gasteiger partial charge in [-0.25, -0.2) is 13.8 Å². The number of carbonyl (C=O) groups excluding carboxylic acids is 1. The van der Waals surface area contributed by atoms with E-state index in [1.807, 2.05) is 0 Å². The van der Waals surface area contributed by atoms with Crippen molar-refractivity contribution >= 4 is 29.1 Å². The smallest absolute Gasteiger partial charge is 0.253 e. The number of hydrogen-bond acceptors (Lipinski definition) is 2. The lowest BCUT2D eigenvalue weighted by Crippen LogP contribution is -2.23. The third-order valence-corrected chi connectivity index (χ3v) is 3.18. The lowest BCUT2D eigenvalue weighted by molar-refractivity contribution is 0.0950. The van der Waals surface area contributed by atoms with Gasteiger partial charge in [0, 0.05) is 12.7 Å². The zero-order valence-corrected chi connectivity index (χ0v) is 11.5. The van der Waals surface area contributed by atoms with Gasteiger partial charge in [-0.1, -0.05) is 29.3 Å². The highest BCUT2D eigenvalue weighted by Gasteiger charge is 2.09. The Morgan fingerprint density at radius 3 is 2.60 bits per heavy atom. The highest BCUT2D eigenvalue weighted by atomic mass is 35.5. The molecule has 2 aromatic rings. The van der Waals surface area contributed by atoms with Gasteiger partial charge in [0.25, 0.3) is 5.91 Å². The molecule has 0 bridgehead atoms. The fraction of sp³-hybridized carbons (Fsp3) is 0.0769. The molecule has 0 aliphatic heterocycles. The number of amides is 1. The Morgan fingerprint density at radius 1 is 1.20 bits per heavy atom. The minimum Gasteiger partial charge on any atom is -0.348 e. The van der Waals surface area contributed by atoms with Crippen molar-refractivity contribution in [1.29, 1.82) is 0 Å². The van der Waals surface area contributed by atoms with E-state index in [-0.39, 0.29) is 22.3 Å². The molecule has 0 aliphatic carbocycles. The SMILES string of the molecule is O=C(NCc1ccc(F)c(F)c1)c1cnc(Cl)c(Cl)c1. The fourth-order valence-electron chi connectivity index (χ4n) is 1.48. The summed E-state index contributed by atoms with van der Waals surface area (Å²) in [6.07, 6.45) is 1.27. The van der Waals surface area contributed by atoms with Crippen molar-refractivity contribution in [3.8, 4) is 0 Å². The number of hydrogen-bond donors (Lipinski definition) is 1. The van der Waals surface area contributed by atoms with Crippen molar-refractivity contribution in [1.82, 2.24) is 10.3 Å². The molecule has 7 heteroatoms. The zero-order valence-electron chi connectivity index (χ0n) is 9.96. The topological polar surface area (TPSA) is 42.0 Å². The molecule has 0 spiro atoms. The summed E-state index contributed by atoms with van der Waals surface area (Å²) in [5, 5.41) is 2.80. The van der Waals surface area contributed by atoms with E-state index in [2.05, 4.69) is 10.3 Å². The first-order valence-corrected chi connectivity index (χ1v) is 6.26. The summed E-state index contributed by atoms with van der Waals surface area (Å²) in [7, 11) is 0. The summed E-state index contributed by atoms with van der Waals surface area (Å²) in [6.45, 7) is 0.0519. The molecular weight excluding hydrogens is 309 g/mol. The van der Waals surface area contributed by atoms with Gasteiger partial charge in [-0.2, -0.15) is 0 Å². The Balaban J connectivity index is 2.04. The number of aromatic nitrogens is 1. The van der Waals surface area contributed by atoms with Gasteiger partial charge in [0.15, 0.2) is 11.6 Å². The van der Waals surface area contributed by atoms with Gasteiger partial charge in [0.2, 0.25) is 0 Å². The van der Waals surface area contributed by atoms with Crippen LogP contribution in [-0.4, -0.2) is 10.9 Å². The molecule has 2 rings (SSSR count). The lowest BCUT2D eigenvalue weighted by atomic mass is 10.2. The summed E-state index contributed by atoms with van der Waals surface area (Å²) in [5.74, 6) is -2.34. The van der Waals surface area contributed by atoms with E-state index in [0.717, 1.165) is 12.1 Å². The fourth-order valence-corrected chi connectivity index (χ4v) is 1.75. The van der Waals surface area contributed by atoms with Crippen LogP contribution in [0.25, 0.3) is 0 Å². The highest BCUT2D eigenvalue weighted by Crippen LogP contribution is 2.19. The van der Waals surface area contributed by atoms with Crippen molar-refractivity contribution in [3.05, 3.63) is 63.4 Å².